The number of carboxylic acids is 1. The second-order valence-electron chi connectivity index (χ2n) is 5.30. The first-order valence-electron chi connectivity index (χ1n) is 7.13. The third kappa shape index (κ3) is 2.49. The van der Waals surface area contributed by atoms with E-state index in [-0.39, 0.29) is 16.1 Å². The summed E-state index contributed by atoms with van der Waals surface area (Å²) in [6.45, 7) is 1.62. The van der Waals surface area contributed by atoms with Gasteiger partial charge in [-0.1, -0.05) is 41.9 Å². The van der Waals surface area contributed by atoms with Crippen molar-refractivity contribution >= 4 is 34.4 Å². The number of hydrogen-bond acceptors (Lipinski definition) is 3. The number of rotatable bonds is 3. The van der Waals surface area contributed by atoms with E-state index in [0.29, 0.717) is 27.7 Å². The summed E-state index contributed by atoms with van der Waals surface area (Å²) in [6.07, 6.45) is 0. The third-order valence-electron chi connectivity index (χ3n) is 3.81. The van der Waals surface area contributed by atoms with Gasteiger partial charge < -0.3 is 10.8 Å². The van der Waals surface area contributed by atoms with Gasteiger partial charge in [-0.15, -0.1) is 0 Å². The molecule has 0 aliphatic rings. The number of aromatic carboxylic acids is 1. The van der Waals surface area contributed by atoms with Gasteiger partial charge >= 0.3 is 5.97 Å². The van der Waals surface area contributed by atoms with Gasteiger partial charge in [0.25, 0.3) is 5.91 Å². The van der Waals surface area contributed by atoms with E-state index in [2.05, 4.69) is 4.98 Å². The molecule has 0 atom stereocenters. The smallest absolute Gasteiger partial charge is 0.338 e. The molecule has 0 saturated carbocycles. The summed E-state index contributed by atoms with van der Waals surface area (Å²) in [5.41, 5.74) is 7.45. The molecule has 5 nitrogen and oxygen atoms in total. The fourth-order valence-corrected chi connectivity index (χ4v) is 3.10. The van der Waals surface area contributed by atoms with Crippen LogP contribution in [0.4, 0.5) is 0 Å². The average molecular weight is 341 g/mol. The first-order valence-corrected chi connectivity index (χ1v) is 7.51. The van der Waals surface area contributed by atoms with Crippen molar-refractivity contribution < 1.29 is 14.7 Å². The van der Waals surface area contributed by atoms with Gasteiger partial charge in [-0.3, -0.25) is 9.78 Å². The van der Waals surface area contributed by atoms with Crippen molar-refractivity contribution in [2.45, 2.75) is 6.92 Å². The summed E-state index contributed by atoms with van der Waals surface area (Å²) in [4.78, 5) is 28.1. The van der Waals surface area contributed by atoms with Crippen LogP contribution in [0.3, 0.4) is 0 Å². The van der Waals surface area contributed by atoms with Gasteiger partial charge in [0.1, 0.15) is 0 Å². The maximum atomic E-state index is 11.9. The molecular formula is C18H13ClN2O3. The highest BCUT2D eigenvalue weighted by molar-refractivity contribution is 6.36. The van der Waals surface area contributed by atoms with Crippen molar-refractivity contribution in [2.75, 3.05) is 0 Å². The lowest BCUT2D eigenvalue weighted by atomic mass is 9.91. The zero-order valence-corrected chi connectivity index (χ0v) is 13.5. The first kappa shape index (κ1) is 16.0. The maximum absolute atomic E-state index is 11.9. The van der Waals surface area contributed by atoms with Crippen molar-refractivity contribution in [3.63, 3.8) is 0 Å². The summed E-state index contributed by atoms with van der Waals surface area (Å²) < 4.78 is 0. The fourth-order valence-electron chi connectivity index (χ4n) is 2.85. The summed E-state index contributed by atoms with van der Waals surface area (Å²) in [7, 11) is 0. The molecule has 1 amide bonds. The number of hydrogen-bond donors (Lipinski definition) is 2. The highest BCUT2D eigenvalue weighted by Gasteiger charge is 2.24. The number of carboxylic acid groups (broad SMARTS) is 1. The summed E-state index contributed by atoms with van der Waals surface area (Å²) >= 11 is 6.15. The molecule has 0 bridgehead atoms. The number of aromatic nitrogens is 1. The van der Waals surface area contributed by atoms with Crippen LogP contribution in [-0.4, -0.2) is 22.0 Å². The Labute approximate surface area is 142 Å². The Morgan fingerprint density at radius 1 is 1.08 bits per heavy atom. The van der Waals surface area contributed by atoms with E-state index in [1.54, 1.807) is 37.3 Å². The number of aryl methyl sites for hydroxylation is 1. The maximum Gasteiger partial charge on any atom is 0.338 e. The highest BCUT2D eigenvalue weighted by atomic mass is 35.5. The van der Waals surface area contributed by atoms with Gasteiger partial charge in [0.2, 0.25) is 0 Å². The number of benzene rings is 2. The number of carbonyl (C=O) groups excluding carboxylic acids is 1. The van der Waals surface area contributed by atoms with Crippen molar-refractivity contribution in [3.05, 3.63) is 64.3 Å². The summed E-state index contributed by atoms with van der Waals surface area (Å²) in [5, 5.41) is 10.2. The number of nitrogens with zero attached hydrogens (tertiary/aromatic N) is 1. The van der Waals surface area contributed by atoms with Crippen LogP contribution in [0, 0.1) is 6.92 Å². The lowest BCUT2D eigenvalue weighted by molar-refractivity contribution is 0.0696. The van der Waals surface area contributed by atoms with Gasteiger partial charge in [-0.05, 0) is 24.6 Å². The molecule has 0 radical (unpaired) electrons. The van der Waals surface area contributed by atoms with Crippen molar-refractivity contribution in [1.29, 1.82) is 0 Å². The second kappa shape index (κ2) is 5.94. The van der Waals surface area contributed by atoms with Gasteiger partial charge in [0, 0.05) is 10.9 Å². The van der Waals surface area contributed by atoms with Crippen molar-refractivity contribution in [3.8, 4) is 11.1 Å². The number of fused-ring (bicyclic) bond motifs is 1. The van der Waals surface area contributed by atoms with Gasteiger partial charge in [0.05, 0.1) is 27.4 Å². The minimum Gasteiger partial charge on any atom is -0.478 e. The molecule has 0 saturated heterocycles. The Bertz CT molecular complexity index is 985. The molecule has 1 heterocycles. The van der Waals surface area contributed by atoms with E-state index < -0.39 is 11.9 Å². The summed E-state index contributed by atoms with van der Waals surface area (Å²) in [6, 6.07) is 12.1. The topological polar surface area (TPSA) is 93.3 Å². The number of primary amides is 1. The molecule has 1 aromatic heterocycles. The molecule has 2 aromatic carbocycles. The molecule has 0 spiro atoms. The average Bonchev–Trinajstić information content (AvgIpc) is 2.54. The van der Waals surface area contributed by atoms with Crippen LogP contribution in [0.1, 0.15) is 26.4 Å². The third-order valence-corrected chi connectivity index (χ3v) is 4.12. The van der Waals surface area contributed by atoms with E-state index in [4.69, 9.17) is 17.3 Å². The lowest BCUT2D eigenvalue weighted by Gasteiger charge is -2.16. The molecule has 0 aliphatic carbocycles. The quantitative estimate of drug-likeness (QED) is 0.760. The van der Waals surface area contributed by atoms with Crippen molar-refractivity contribution in [2.24, 2.45) is 5.73 Å². The van der Waals surface area contributed by atoms with Crippen LogP contribution >= 0.6 is 11.6 Å². The second-order valence-corrected chi connectivity index (χ2v) is 5.71. The first-order chi connectivity index (χ1) is 11.4. The predicted molar refractivity (Wildman–Crippen MR) is 92.4 cm³/mol. The van der Waals surface area contributed by atoms with Crippen LogP contribution in [-0.2, 0) is 0 Å². The predicted octanol–water partition coefficient (Wildman–Crippen LogP) is 3.66. The van der Waals surface area contributed by atoms with E-state index in [9.17, 15) is 14.7 Å². The van der Waals surface area contributed by atoms with Crippen LogP contribution < -0.4 is 5.73 Å². The van der Waals surface area contributed by atoms with Crippen LogP contribution in [0.5, 0.6) is 0 Å². The summed E-state index contributed by atoms with van der Waals surface area (Å²) in [5.74, 6) is -1.86. The Hall–Kier alpha value is -2.92. The highest BCUT2D eigenvalue weighted by Crippen LogP contribution is 2.37. The van der Waals surface area contributed by atoms with E-state index in [1.807, 2.05) is 6.07 Å². The SMILES string of the molecule is Cc1nc2ccc(Cl)c(C(N)=O)c2c(-c2ccccc2)c1C(=O)O. The minimum atomic E-state index is -1.13. The number of carbonyl (C=O) groups is 2. The molecule has 3 N–H and O–H groups in total. The molecule has 3 rings (SSSR count). The number of amides is 1. The van der Waals surface area contributed by atoms with Gasteiger partial charge in [-0.2, -0.15) is 0 Å². The minimum absolute atomic E-state index is 0.0264. The van der Waals surface area contributed by atoms with Crippen LogP contribution in [0.25, 0.3) is 22.0 Å². The normalized spacial score (nSPS) is 10.8. The Balaban J connectivity index is 2.62. The molecule has 120 valence electrons. The monoisotopic (exact) mass is 340 g/mol. The Morgan fingerprint density at radius 3 is 2.33 bits per heavy atom. The lowest BCUT2D eigenvalue weighted by Crippen LogP contribution is -2.14. The Morgan fingerprint density at radius 2 is 1.75 bits per heavy atom. The number of nitrogens with two attached hydrogens (primary N) is 1. The molecular weight excluding hydrogens is 328 g/mol. The van der Waals surface area contributed by atoms with Crippen LogP contribution in [0.15, 0.2) is 42.5 Å². The molecule has 6 heteroatoms. The largest absolute Gasteiger partial charge is 0.478 e. The number of halogens is 1. The van der Waals surface area contributed by atoms with Crippen molar-refractivity contribution in [1.82, 2.24) is 4.98 Å². The van der Waals surface area contributed by atoms with E-state index in [0.717, 1.165) is 0 Å². The molecule has 0 unspecified atom stereocenters. The van der Waals surface area contributed by atoms with E-state index in [1.165, 1.54) is 6.07 Å². The molecule has 0 fully saturated rings. The molecule has 24 heavy (non-hydrogen) atoms. The Kier molecular flexibility index (Phi) is 3.95. The molecule has 3 aromatic rings. The van der Waals surface area contributed by atoms with Gasteiger partial charge in [-0.25, -0.2) is 4.79 Å². The molecule has 0 aliphatic heterocycles. The van der Waals surface area contributed by atoms with E-state index >= 15 is 0 Å². The van der Waals surface area contributed by atoms with Crippen LogP contribution in [0.2, 0.25) is 5.02 Å². The van der Waals surface area contributed by atoms with Gasteiger partial charge in [0.15, 0.2) is 0 Å². The number of pyridine rings is 1. The fraction of sp³-hybridized carbons (Fsp3) is 0.0556. The zero-order valence-electron chi connectivity index (χ0n) is 12.7. The standard InChI is InChI=1S/C18H13ClN2O3/c1-9-13(18(23)24)14(10-5-3-2-4-6-10)16-12(21-9)8-7-11(19)15(16)17(20)22/h2-8H,1H3,(H2,20,22)(H,23,24). The zero-order chi connectivity index (χ0) is 17.4.